The summed E-state index contributed by atoms with van der Waals surface area (Å²) < 4.78 is 1.65. The lowest BCUT2D eigenvalue weighted by molar-refractivity contribution is 0.0688. The number of hydrogen-bond acceptors (Lipinski definition) is 2. The molecule has 0 bridgehead atoms. The van der Waals surface area contributed by atoms with E-state index in [0.717, 1.165) is 11.4 Å². The summed E-state index contributed by atoms with van der Waals surface area (Å²) in [7, 11) is 3.93. The summed E-state index contributed by atoms with van der Waals surface area (Å²) in [5, 5.41) is 9.03. The van der Waals surface area contributed by atoms with E-state index in [1.54, 1.807) is 22.9 Å². The van der Waals surface area contributed by atoms with Gasteiger partial charge in [-0.15, -0.1) is 0 Å². The second-order valence-corrected chi connectivity index (χ2v) is 3.98. The topological polar surface area (TPSA) is 45.5 Å². The molecule has 0 radical (unpaired) electrons. The zero-order valence-electron chi connectivity index (χ0n) is 9.79. The highest BCUT2D eigenvalue weighted by molar-refractivity contribution is 5.86. The lowest BCUT2D eigenvalue weighted by atomic mass is 10.2. The standard InChI is InChI=1S/C13H14N2O2/c1-14(2)10-5-7-11(8-6-10)15-9-3-4-12(15)13(16)17/h3-9H,1-2H3,(H,16,17). The molecule has 0 aliphatic heterocycles. The SMILES string of the molecule is CN(C)c1ccc(-n2cccc2C(=O)O)cc1. The van der Waals surface area contributed by atoms with E-state index < -0.39 is 5.97 Å². The Hall–Kier alpha value is -2.23. The Morgan fingerprint density at radius 3 is 2.35 bits per heavy atom. The number of carboxylic acid groups (broad SMARTS) is 1. The molecule has 0 saturated heterocycles. The van der Waals surface area contributed by atoms with Gasteiger partial charge in [0.25, 0.3) is 0 Å². The number of aromatic nitrogens is 1. The number of aromatic carboxylic acids is 1. The maximum Gasteiger partial charge on any atom is 0.352 e. The third kappa shape index (κ3) is 2.15. The number of carbonyl (C=O) groups is 1. The lowest BCUT2D eigenvalue weighted by Crippen LogP contribution is -2.09. The van der Waals surface area contributed by atoms with Crippen molar-refractivity contribution in [2.75, 3.05) is 19.0 Å². The van der Waals surface area contributed by atoms with Gasteiger partial charge in [-0.2, -0.15) is 0 Å². The van der Waals surface area contributed by atoms with Crippen LogP contribution in [0.4, 0.5) is 5.69 Å². The van der Waals surface area contributed by atoms with Crippen molar-refractivity contribution in [2.24, 2.45) is 0 Å². The van der Waals surface area contributed by atoms with Crippen LogP contribution in [0.15, 0.2) is 42.6 Å². The van der Waals surface area contributed by atoms with Gasteiger partial charge < -0.3 is 14.6 Å². The molecule has 0 saturated carbocycles. The van der Waals surface area contributed by atoms with Crippen molar-refractivity contribution in [2.45, 2.75) is 0 Å². The van der Waals surface area contributed by atoms with Gasteiger partial charge in [0.1, 0.15) is 5.69 Å². The van der Waals surface area contributed by atoms with Crippen LogP contribution in [-0.4, -0.2) is 29.7 Å². The van der Waals surface area contributed by atoms with Gasteiger partial charge in [-0.1, -0.05) is 0 Å². The summed E-state index contributed by atoms with van der Waals surface area (Å²) in [5.74, 6) is -0.924. The zero-order chi connectivity index (χ0) is 12.4. The Morgan fingerprint density at radius 2 is 1.82 bits per heavy atom. The third-order valence-electron chi connectivity index (χ3n) is 2.61. The van der Waals surface area contributed by atoms with Crippen LogP contribution in [-0.2, 0) is 0 Å². The molecule has 0 spiro atoms. The molecule has 0 unspecified atom stereocenters. The molecule has 0 amide bonds. The van der Waals surface area contributed by atoms with Crippen LogP contribution < -0.4 is 4.90 Å². The Balaban J connectivity index is 2.40. The average molecular weight is 230 g/mol. The summed E-state index contributed by atoms with van der Waals surface area (Å²) in [4.78, 5) is 13.0. The van der Waals surface area contributed by atoms with E-state index in [1.165, 1.54) is 0 Å². The molecular weight excluding hydrogens is 216 g/mol. The van der Waals surface area contributed by atoms with Gasteiger partial charge in [-0.3, -0.25) is 0 Å². The fourth-order valence-corrected chi connectivity index (χ4v) is 1.69. The molecule has 2 aromatic rings. The number of rotatable bonds is 3. The maximum atomic E-state index is 11.0. The Morgan fingerprint density at radius 1 is 1.18 bits per heavy atom. The first kappa shape index (κ1) is 11.3. The van der Waals surface area contributed by atoms with Crippen molar-refractivity contribution in [3.63, 3.8) is 0 Å². The summed E-state index contributed by atoms with van der Waals surface area (Å²) in [5.41, 5.74) is 2.19. The highest BCUT2D eigenvalue weighted by Gasteiger charge is 2.09. The summed E-state index contributed by atoms with van der Waals surface area (Å²) in [6.07, 6.45) is 1.74. The molecule has 0 aliphatic rings. The van der Waals surface area contributed by atoms with Crippen molar-refractivity contribution in [3.05, 3.63) is 48.3 Å². The first-order valence-electron chi connectivity index (χ1n) is 5.28. The van der Waals surface area contributed by atoms with E-state index in [-0.39, 0.29) is 5.69 Å². The predicted octanol–water partition coefficient (Wildman–Crippen LogP) is 2.24. The molecule has 0 atom stereocenters. The van der Waals surface area contributed by atoms with Crippen LogP contribution in [0, 0.1) is 0 Å². The summed E-state index contributed by atoms with van der Waals surface area (Å²) in [6.45, 7) is 0. The molecule has 1 aromatic heterocycles. The van der Waals surface area contributed by atoms with Crippen molar-refractivity contribution >= 4 is 11.7 Å². The van der Waals surface area contributed by atoms with Crippen LogP contribution in [0.1, 0.15) is 10.5 Å². The fourth-order valence-electron chi connectivity index (χ4n) is 1.69. The van der Waals surface area contributed by atoms with Crippen molar-refractivity contribution in [3.8, 4) is 5.69 Å². The molecule has 2 rings (SSSR count). The smallest absolute Gasteiger partial charge is 0.352 e. The van der Waals surface area contributed by atoms with E-state index in [4.69, 9.17) is 5.11 Å². The number of anilines is 1. The average Bonchev–Trinajstić information content (AvgIpc) is 2.78. The van der Waals surface area contributed by atoms with Crippen LogP contribution in [0.5, 0.6) is 0 Å². The van der Waals surface area contributed by atoms with E-state index in [2.05, 4.69) is 0 Å². The quantitative estimate of drug-likeness (QED) is 0.879. The van der Waals surface area contributed by atoms with Crippen molar-refractivity contribution in [1.82, 2.24) is 4.57 Å². The molecule has 4 nitrogen and oxygen atoms in total. The molecule has 1 N–H and O–H groups in total. The predicted molar refractivity (Wildman–Crippen MR) is 67.1 cm³/mol. The van der Waals surface area contributed by atoms with E-state index >= 15 is 0 Å². The molecule has 17 heavy (non-hydrogen) atoms. The zero-order valence-corrected chi connectivity index (χ0v) is 9.79. The van der Waals surface area contributed by atoms with E-state index in [1.807, 2.05) is 43.3 Å². The van der Waals surface area contributed by atoms with Gasteiger partial charge in [0.15, 0.2) is 0 Å². The molecule has 1 heterocycles. The highest BCUT2D eigenvalue weighted by atomic mass is 16.4. The van der Waals surface area contributed by atoms with Crippen LogP contribution in [0.25, 0.3) is 5.69 Å². The van der Waals surface area contributed by atoms with Gasteiger partial charge in [0, 0.05) is 31.7 Å². The number of nitrogens with zero attached hydrogens (tertiary/aromatic N) is 2. The molecule has 0 aliphatic carbocycles. The Kier molecular flexibility index (Phi) is 2.87. The number of hydrogen-bond donors (Lipinski definition) is 1. The Bertz CT molecular complexity index is 527. The second kappa shape index (κ2) is 4.33. The third-order valence-corrected chi connectivity index (χ3v) is 2.61. The second-order valence-electron chi connectivity index (χ2n) is 3.98. The molecule has 1 aromatic carbocycles. The number of carboxylic acids is 1. The van der Waals surface area contributed by atoms with Gasteiger partial charge in [0.2, 0.25) is 0 Å². The monoisotopic (exact) mass is 230 g/mol. The summed E-state index contributed by atoms with van der Waals surface area (Å²) >= 11 is 0. The molecule has 0 fully saturated rings. The van der Waals surface area contributed by atoms with Crippen LogP contribution in [0.2, 0.25) is 0 Å². The largest absolute Gasteiger partial charge is 0.477 e. The first-order chi connectivity index (χ1) is 8.09. The summed E-state index contributed by atoms with van der Waals surface area (Å²) in [6, 6.07) is 11.0. The minimum absolute atomic E-state index is 0.266. The van der Waals surface area contributed by atoms with E-state index in [9.17, 15) is 4.79 Å². The van der Waals surface area contributed by atoms with Gasteiger partial charge >= 0.3 is 5.97 Å². The minimum atomic E-state index is -0.924. The highest BCUT2D eigenvalue weighted by Crippen LogP contribution is 2.17. The van der Waals surface area contributed by atoms with Gasteiger partial charge in [-0.05, 0) is 36.4 Å². The lowest BCUT2D eigenvalue weighted by Gasteiger charge is -2.13. The van der Waals surface area contributed by atoms with Crippen LogP contribution >= 0.6 is 0 Å². The van der Waals surface area contributed by atoms with Gasteiger partial charge in [0.05, 0.1) is 0 Å². The Labute approximate surface area is 99.7 Å². The van der Waals surface area contributed by atoms with Crippen molar-refractivity contribution < 1.29 is 9.90 Å². The minimum Gasteiger partial charge on any atom is -0.477 e. The molecule has 4 heteroatoms. The normalized spacial score (nSPS) is 10.2. The van der Waals surface area contributed by atoms with Crippen LogP contribution in [0.3, 0.4) is 0 Å². The fraction of sp³-hybridized carbons (Fsp3) is 0.154. The molecule has 88 valence electrons. The van der Waals surface area contributed by atoms with Gasteiger partial charge in [-0.25, -0.2) is 4.79 Å². The maximum absolute atomic E-state index is 11.0. The first-order valence-corrected chi connectivity index (χ1v) is 5.28. The van der Waals surface area contributed by atoms with E-state index in [0.29, 0.717) is 0 Å². The molecular formula is C13H14N2O2. The van der Waals surface area contributed by atoms with Crippen molar-refractivity contribution in [1.29, 1.82) is 0 Å². The number of benzene rings is 1.